The molecule has 0 aliphatic rings. The van der Waals surface area contributed by atoms with Crippen LogP contribution in [0.2, 0.25) is 0 Å². The minimum Gasteiger partial charge on any atom is -0.385 e. The number of ether oxygens (including phenoxy) is 1. The summed E-state index contributed by atoms with van der Waals surface area (Å²) in [7, 11) is 1.61. The number of benzene rings is 1. The third kappa shape index (κ3) is 3.85. The molecule has 2 aromatic heterocycles. The maximum Gasteiger partial charge on any atom is 0.416 e. The fourth-order valence-corrected chi connectivity index (χ4v) is 2.46. The van der Waals surface area contributed by atoms with Crippen LogP contribution in [0, 0.1) is 0 Å². The minimum absolute atomic E-state index is 0.136. The van der Waals surface area contributed by atoms with E-state index in [1.807, 2.05) is 0 Å². The van der Waals surface area contributed by atoms with E-state index in [9.17, 15) is 13.2 Å². The van der Waals surface area contributed by atoms with Gasteiger partial charge in [0.1, 0.15) is 0 Å². The number of aryl methyl sites for hydroxylation is 1. The van der Waals surface area contributed by atoms with Crippen molar-refractivity contribution in [2.75, 3.05) is 24.8 Å². The maximum absolute atomic E-state index is 12.8. The molecule has 0 saturated carbocycles. The van der Waals surface area contributed by atoms with Crippen molar-refractivity contribution in [1.29, 1.82) is 0 Å². The molecule has 3 rings (SSSR count). The van der Waals surface area contributed by atoms with Crippen LogP contribution < -0.4 is 11.1 Å². The van der Waals surface area contributed by atoms with Gasteiger partial charge in [0, 0.05) is 19.4 Å². The smallest absolute Gasteiger partial charge is 0.385 e. The lowest BCUT2D eigenvalue weighted by Gasteiger charge is -2.08. The number of methoxy groups -OCH3 is 1. The SMILES string of the molecule is COCCCc1cnc(N)c2nc(Nc3cccc(C(F)(F)F)c3)nn12. The Labute approximate surface area is 147 Å². The number of nitrogens with one attached hydrogen (secondary N) is 1. The molecule has 0 unspecified atom stereocenters. The Balaban J connectivity index is 1.89. The molecule has 3 N–H and O–H groups in total. The van der Waals surface area contributed by atoms with Gasteiger partial charge in [-0.3, -0.25) is 0 Å². The average molecular weight is 366 g/mol. The third-order valence-electron chi connectivity index (χ3n) is 3.69. The van der Waals surface area contributed by atoms with E-state index in [0.29, 0.717) is 18.7 Å². The number of hydrogen-bond acceptors (Lipinski definition) is 6. The van der Waals surface area contributed by atoms with Crippen LogP contribution >= 0.6 is 0 Å². The van der Waals surface area contributed by atoms with Crippen LogP contribution in [-0.2, 0) is 17.3 Å². The van der Waals surface area contributed by atoms with E-state index < -0.39 is 11.7 Å². The molecular weight excluding hydrogens is 349 g/mol. The first-order valence-corrected chi connectivity index (χ1v) is 7.82. The number of halogens is 3. The van der Waals surface area contributed by atoms with Crippen molar-refractivity contribution >= 4 is 23.1 Å². The van der Waals surface area contributed by atoms with Crippen LogP contribution in [0.15, 0.2) is 30.5 Å². The molecule has 7 nitrogen and oxygen atoms in total. The number of fused-ring (bicyclic) bond motifs is 1. The van der Waals surface area contributed by atoms with Crippen LogP contribution in [-0.4, -0.2) is 33.3 Å². The molecule has 0 bridgehead atoms. The molecule has 0 aliphatic heterocycles. The monoisotopic (exact) mass is 366 g/mol. The van der Waals surface area contributed by atoms with Gasteiger partial charge < -0.3 is 15.8 Å². The predicted octanol–water partition coefficient (Wildman–Crippen LogP) is 3.05. The summed E-state index contributed by atoms with van der Waals surface area (Å²) < 4.78 is 45.1. The largest absolute Gasteiger partial charge is 0.416 e. The summed E-state index contributed by atoms with van der Waals surface area (Å²) in [6, 6.07) is 4.81. The van der Waals surface area contributed by atoms with Crippen LogP contribution in [0.3, 0.4) is 0 Å². The number of alkyl halides is 3. The lowest BCUT2D eigenvalue weighted by Crippen LogP contribution is -2.06. The molecule has 0 fully saturated rings. The highest BCUT2D eigenvalue weighted by atomic mass is 19.4. The average Bonchev–Trinajstić information content (AvgIpc) is 3.01. The number of rotatable bonds is 6. The molecule has 138 valence electrons. The van der Waals surface area contributed by atoms with E-state index in [1.165, 1.54) is 16.6 Å². The summed E-state index contributed by atoms with van der Waals surface area (Å²) in [5.41, 5.74) is 6.42. The van der Waals surface area contributed by atoms with E-state index in [4.69, 9.17) is 10.5 Å². The van der Waals surface area contributed by atoms with E-state index in [-0.39, 0.29) is 17.5 Å². The zero-order valence-electron chi connectivity index (χ0n) is 13.9. The first-order valence-electron chi connectivity index (χ1n) is 7.82. The molecule has 1 aromatic carbocycles. The third-order valence-corrected chi connectivity index (χ3v) is 3.69. The molecule has 0 atom stereocenters. The Morgan fingerprint density at radius 3 is 2.85 bits per heavy atom. The number of aromatic nitrogens is 4. The minimum atomic E-state index is -4.42. The molecule has 0 radical (unpaired) electrons. The van der Waals surface area contributed by atoms with Crippen LogP contribution in [0.5, 0.6) is 0 Å². The number of nitrogens with two attached hydrogens (primary N) is 1. The Bertz CT molecular complexity index is 909. The Hall–Kier alpha value is -2.88. The summed E-state index contributed by atoms with van der Waals surface area (Å²) in [5.74, 6) is 0.321. The van der Waals surface area contributed by atoms with Crippen molar-refractivity contribution in [3.05, 3.63) is 41.7 Å². The second-order valence-electron chi connectivity index (χ2n) is 5.61. The Kier molecular flexibility index (Phi) is 4.94. The van der Waals surface area contributed by atoms with Gasteiger partial charge in [0.05, 0.1) is 17.5 Å². The van der Waals surface area contributed by atoms with Crippen molar-refractivity contribution in [3.63, 3.8) is 0 Å². The summed E-state index contributed by atoms with van der Waals surface area (Å²) in [5, 5.41) is 7.07. The van der Waals surface area contributed by atoms with Gasteiger partial charge in [0.2, 0.25) is 5.95 Å². The normalized spacial score (nSPS) is 11.8. The van der Waals surface area contributed by atoms with Crippen LogP contribution in [0.25, 0.3) is 5.65 Å². The summed E-state index contributed by atoms with van der Waals surface area (Å²) in [4.78, 5) is 8.32. The van der Waals surface area contributed by atoms with Gasteiger partial charge in [-0.2, -0.15) is 18.2 Å². The van der Waals surface area contributed by atoms with Crippen molar-refractivity contribution in [2.45, 2.75) is 19.0 Å². The molecule has 0 spiro atoms. The van der Waals surface area contributed by atoms with Gasteiger partial charge in [-0.25, -0.2) is 9.50 Å². The Morgan fingerprint density at radius 2 is 2.12 bits per heavy atom. The molecule has 0 aliphatic carbocycles. The van der Waals surface area contributed by atoms with Gasteiger partial charge >= 0.3 is 6.18 Å². The first kappa shape index (κ1) is 17.9. The fourth-order valence-electron chi connectivity index (χ4n) is 2.46. The summed E-state index contributed by atoms with van der Waals surface area (Å²) >= 11 is 0. The lowest BCUT2D eigenvalue weighted by molar-refractivity contribution is -0.137. The molecule has 10 heteroatoms. The van der Waals surface area contributed by atoms with Gasteiger partial charge in [0.25, 0.3) is 0 Å². The van der Waals surface area contributed by atoms with E-state index in [2.05, 4.69) is 20.4 Å². The second kappa shape index (κ2) is 7.16. The van der Waals surface area contributed by atoms with Gasteiger partial charge in [-0.1, -0.05) is 6.07 Å². The Morgan fingerprint density at radius 1 is 1.31 bits per heavy atom. The number of anilines is 3. The fraction of sp³-hybridized carbons (Fsp3) is 0.312. The molecule has 3 aromatic rings. The second-order valence-corrected chi connectivity index (χ2v) is 5.61. The van der Waals surface area contributed by atoms with Crippen LogP contribution in [0.4, 0.5) is 30.6 Å². The highest BCUT2D eigenvalue weighted by Gasteiger charge is 2.30. The number of hydrogen-bond donors (Lipinski definition) is 2. The van der Waals surface area contributed by atoms with Crippen molar-refractivity contribution in [2.24, 2.45) is 0 Å². The zero-order valence-corrected chi connectivity index (χ0v) is 13.9. The van der Waals surface area contributed by atoms with E-state index in [1.54, 1.807) is 13.3 Å². The maximum atomic E-state index is 12.8. The van der Waals surface area contributed by atoms with Crippen molar-refractivity contribution in [3.8, 4) is 0 Å². The number of nitrogens with zero attached hydrogens (tertiary/aromatic N) is 4. The summed E-state index contributed by atoms with van der Waals surface area (Å²) in [6.45, 7) is 0.579. The highest BCUT2D eigenvalue weighted by molar-refractivity contribution is 5.64. The van der Waals surface area contributed by atoms with Crippen molar-refractivity contribution in [1.82, 2.24) is 19.6 Å². The molecule has 26 heavy (non-hydrogen) atoms. The topological polar surface area (TPSA) is 90.4 Å². The van der Waals surface area contributed by atoms with Gasteiger partial charge in [0.15, 0.2) is 11.5 Å². The highest BCUT2D eigenvalue weighted by Crippen LogP contribution is 2.31. The molecule has 2 heterocycles. The van der Waals surface area contributed by atoms with E-state index in [0.717, 1.165) is 24.2 Å². The standard InChI is InChI=1S/C16H17F3N6O/c1-26-7-3-6-12-9-21-13(20)14-23-15(24-25(12)14)22-11-5-2-4-10(8-11)16(17,18)19/h2,4-5,8-9H,3,6-7H2,1H3,(H2,20,21)(H,22,24). The number of nitrogen functional groups attached to an aromatic ring is 1. The first-order chi connectivity index (χ1) is 12.4. The molecule has 0 amide bonds. The van der Waals surface area contributed by atoms with Crippen LogP contribution in [0.1, 0.15) is 17.7 Å². The zero-order chi connectivity index (χ0) is 18.7. The lowest BCUT2D eigenvalue weighted by atomic mass is 10.2. The summed E-state index contributed by atoms with van der Waals surface area (Å²) in [6.07, 6.45) is -1.43. The predicted molar refractivity (Wildman–Crippen MR) is 90.1 cm³/mol. The quantitative estimate of drug-likeness (QED) is 0.652. The van der Waals surface area contributed by atoms with Crippen molar-refractivity contribution < 1.29 is 17.9 Å². The molecular formula is C16H17F3N6O. The van der Waals surface area contributed by atoms with E-state index >= 15 is 0 Å². The molecule has 0 saturated heterocycles. The van der Waals surface area contributed by atoms with Gasteiger partial charge in [-0.05, 0) is 31.0 Å². The van der Waals surface area contributed by atoms with Gasteiger partial charge in [-0.15, -0.1) is 5.10 Å².